The quantitative estimate of drug-likeness (QED) is 0.142. The van der Waals surface area contributed by atoms with E-state index in [-0.39, 0.29) is 0 Å². The van der Waals surface area contributed by atoms with E-state index in [1.807, 2.05) is 5.43 Å². The number of rotatable bonds is 2. The molecule has 0 saturated heterocycles. The third-order valence-electron chi connectivity index (χ3n) is 0.358. The fourth-order valence-corrected chi connectivity index (χ4v) is 0.118. The second kappa shape index (κ2) is 3.88. The Balaban J connectivity index is 3.11. The molecule has 0 aromatic heterocycles. The standard InChI is InChI=1S/C2H5N4O2/c3-5-2(8)6-4-1-7/h3H2,(H,4,7)(H2,5,6,8). The van der Waals surface area contributed by atoms with Gasteiger partial charge in [0.2, 0.25) is 0 Å². The van der Waals surface area contributed by atoms with Crippen molar-refractivity contribution < 1.29 is 9.59 Å². The van der Waals surface area contributed by atoms with Gasteiger partial charge in [-0.1, -0.05) is 0 Å². The van der Waals surface area contributed by atoms with Gasteiger partial charge in [-0.05, 0) is 0 Å². The van der Waals surface area contributed by atoms with Gasteiger partial charge in [0.1, 0.15) is 0 Å². The number of hydrazine groups is 2. The summed E-state index contributed by atoms with van der Waals surface area (Å²) in [5, 5.41) is 0. The number of carbonyl (C=O) groups excluding carboxylic acids is 2. The number of nitrogens with two attached hydrogens (primary N) is 1. The molecule has 0 aliphatic heterocycles. The molecule has 0 spiro atoms. The average Bonchev–Trinajstić information content (AvgIpc) is 1.83. The smallest absolute Gasteiger partial charge is 0.275 e. The Morgan fingerprint density at radius 3 is 2.62 bits per heavy atom. The van der Waals surface area contributed by atoms with E-state index in [1.54, 1.807) is 10.9 Å². The van der Waals surface area contributed by atoms with Crippen LogP contribution in [0.1, 0.15) is 0 Å². The summed E-state index contributed by atoms with van der Waals surface area (Å²) < 4.78 is 0. The Bertz CT molecular complexity index is 92.0. The van der Waals surface area contributed by atoms with Gasteiger partial charge in [-0.15, -0.1) is 0 Å². The van der Waals surface area contributed by atoms with E-state index in [0.29, 0.717) is 0 Å². The monoisotopic (exact) mass is 117 g/mol. The Labute approximate surface area is 45.4 Å². The summed E-state index contributed by atoms with van der Waals surface area (Å²) in [6.45, 7) is 0. The van der Waals surface area contributed by atoms with Gasteiger partial charge in [0, 0.05) is 0 Å². The van der Waals surface area contributed by atoms with Gasteiger partial charge in [0.05, 0.1) is 0 Å². The first-order valence-corrected chi connectivity index (χ1v) is 1.70. The van der Waals surface area contributed by atoms with E-state index in [2.05, 4.69) is 5.84 Å². The minimum atomic E-state index is -0.701. The fraction of sp³-hybridized carbons (Fsp3) is 0. The van der Waals surface area contributed by atoms with Gasteiger partial charge >= 0.3 is 12.4 Å². The zero-order valence-electron chi connectivity index (χ0n) is 3.89. The summed E-state index contributed by atoms with van der Waals surface area (Å²) in [6, 6.07) is -0.701. The third-order valence-corrected chi connectivity index (χ3v) is 0.358. The van der Waals surface area contributed by atoms with E-state index < -0.39 is 6.03 Å². The van der Waals surface area contributed by atoms with Crippen molar-refractivity contribution in [1.29, 1.82) is 0 Å². The van der Waals surface area contributed by atoms with Crippen molar-refractivity contribution in [3.63, 3.8) is 0 Å². The zero-order valence-corrected chi connectivity index (χ0v) is 3.89. The van der Waals surface area contributed by atoms with Crippen LogP contribution in [0.4, 0.5) is 4.79 Å². The molecule has 0 aromatic carbocycles. The van der Waals surface area contributed by atoms with Crippen LogP contribution >= 0.6 is 0 Å². The van der Waals surface area contributed by atoms with Gasteiger partial charge in [-0.3, -0.25) is 15.6 Å². The SMILES string of the molecule is NNC(=O)NN[C]=O. The van der Waals surface area contributed by atoms with Crippen molar-refractivity contribution >= 4 is 12.4 Å². The van der Waals surface area contributed by atoms with Crippen LogP contribution < -0.4 is 22.1 Å². The van der Waals surface area contributed by atoms with Crippen LogP contribution in [0.5, 0.6) is 0 Å². The molecule has 0 aromatic rings. The van der Waals surface area contributed by atoms with Crippen LogP contribution in [0.2, 0.25) is 0 Å². The number of hydrogen-bond acceptors (Lipinski definition) is 3. The lowest BCUT2D eigenvalue weighted by Crippen LogP contribution is -2.46. The lowest BCUT2D eigenvalue weighted by Gasteiger charge is -1.97. The lowest BCUT2D eigenvalue weighted by atomic mass is 11.1. The molecule has 0 aliphatic rings. The second-order valence-electron chi connectivity index (χ2n) is 0.826. The molecule has 1 radical (unpaired) electrons. The second-order valence-corrected chi connectivity index (χ2v) is 0.826. The van der Waals surface area contributed by atoms with Crippen LogP contribution in [0.15, 0.2) is 0 Å². The molecular formula is C2H5N4O2. The highest BCUT2D eigenvalue weighted by Crippen LogP contribution is 1.47. The van der Waals surface area contributed by atoms with E-state index in [0.717, 1.165) is 0 Å². The zero-order chi connectivity index (χ0) is 6.41. The summed E-state index contributed by atoms with van der Waals surface area (Å²) in [6.07, 6.45) is 1.21. The minimum absolute atomic E-state index is 0.701. The Morgan fingerprint density at radius 1 is 1.62 bits per heavy atom. The van der Waals surface area contributed by atoms with Crippen molar-refractivity contribution in [1.82, 2.24) is 16.3 Å². The molecule has 0 heterocycles. The Kier molecular flexibility index (Phi) is 3.25. The molecule has 8 heavy (non-hydrogen) atoms. The average molecular weight is 117 g/mol. The normalized spacial score (nSPS) is 7.12. The van der Waals surface area contributed by atoms with Crippen LogP contribution in [0.25, 0.3) is 0 Å². The maximum Gasteiger partial charge on any atom is 0.347 e. The number of nitrogens with one attached hydrogen (secondary N) is 3. The Hall–Kier alpha value is -1.30. The largest absolute Gasteiger partial charge is 0.347 e. The molecule has 0 aliphatic carbocycles. The van der Waals surface area contributed by atoms with Crippen LogP contribution in [-0.2, 0) is 4.79 Å². The van der Waals surface area contributed by atoms with Crippen LogP contribution in [0.3, 0.4) is 0 Å². The number of urea groups is 1. The van der Waals surface area contributed by atoms with E-state index >= 15 is 0 Å². The van der Waals surface area contributed by atoms with Gasteiger partial charge < -0.3 is 0 Å². The van der Waals surface area contributed by atoms with Crippen molar-refractivity contribution in [3.8, 4) is 0 Å². The summed E-state index contributed by atoms with van der Waals surface area (Å²) in [7, 11) is 0. The van der Waals surface area contributed by atoms with Crippen molar-refractivity contribution in [2.24, 2.45) is 5.84 Å². The molecule has 0 saturated carbocycles. The topological polar surface area (TPSA) is 96.2 Å². The van der Waals surface area contributed by atoms with Gasteiger partial charge in [0.25, 0.3) is 0 Å². The maximum absolute atomic E-state index is 9.98. The molecule has 6 heteroatoms. The molecule has 45 valence electrons. The summed E-state index contributed by atoms with van der Waals surface area (Å²) >= 11 is 0. The highest BCUT2D eigenvalue weighted by atomic mass is 16.2. The Morgan fingerprint density at radius 2 is 2.25 bits per heavy atom. The molecule has 0 bridgehead atoms. The van der Waals surface area contributed by atoms with Gasteiger partial charge in [0.15, 0.2) is 0 Å². The molecule has 0 atom stereocenters. The molecule has 6 nitrogen and oxygen atoms in total. The molecule has 0 unspecified atom stereocenters. The van der Waals surface area contributed by atoms with Gasteiger partial charge in [-0.25, -0.2) is 16.1 Å². The third kappa shape index (κ3) is 2.91. The predicted molar refractivity (Wildman–Crippen MR) is 24.7 cm³/mol. The number of carbonyl (C=O) groups is 1. The molecule has 0 rings (SSSR count). The maximum atomic E-state index is 9.98. The first-order valence-electron chi connectivity index (χ1n) is 1.70. The molecule has 0 fully saturated rings. The van der Waals surface area contributed by atoms with Crippen LogP contribution in [-0.4, -0.2) is 12.4 Å². The first kappa shape index (κ1) is 6.70. The molecule has 3 amide bonds. The van der Waals surface area contributed by atoms with Crippen molar-refractivity contribution in [2.45, 2.75) is 0 Å². The van der Waals surface area contributed by atoms with E-state index in [4.69, 9.17) is 0 Å². The fourth-order valence-electron chi connectivity index (χ4n) is 0.118. The summed E-state index contributed by atoms with van der Waals surface area (Å²) in [5.41, 5.74) is 5.29. The van der Waals surface area contributed by atoms with E-state index in [9.17, 15) is 9.59 Å². The predicted octanol–water partition coefficient (Wildman–Crippen LogP) is -2.27. The lowest BCUT2D eigenvalue weighted by molar-refractivity contribution is 0.239. The first-order chi connectivity index (χ1) is 3.81. The van der Waals surface area contributed by atoms with E-state index in [1.165, 1.54) is 6.41 Å². The minimum Gasteiger partial charge on any atom is -0.275 e. The van der Waals surface area contributed by atoms with Crippen molar-refractivity contribution in [2.75, 3.05) is 0 Å². The highest BCUT2D eigenvalue weighted by molar-refractivity contribution is 5.74. The van der Waals surface area contributed by atoms with Crippen LogP contribution in [0, 0.1) is 0 Å². The summed E-state index contributed by atoms with van der Waals surface area (Å²) in [5.74, 6) is 4.58. The van der Waals surface area contributed by atoms with Gasteiger partial charge in [-0.2, -0.15) is 0 Å². The summed E-state index contributed by atoms with van der Waals surface area (Å²) in [4.78, 5) is 19.3. The molecular weight excluding hydrogens is 112 g/mol. The highest BCUT2D eigenvalue weighted by Gasteiger charge is 1.89. The van der Waals surface area contributed by atoms with Crippen molar-refractivity contribution in [3.05, 3.63) is 0 Å². The number of amides is 3. The molecule has 5 N–H and O–H groups in total. The number of hydrogen-bond donors (Lipinski definition) is 4.